The van der Waals surface area contributed by atoms with Crippen molar-refractivity contribution in [1.82, 2.24) is 15.3 Å². The van der Waals surface area contributed by atoms with Gasteiger partial charge in [-0.2, -0.15) is 0 Å². The van der Waals surface area contributed by atoms with Crippen LogP contribution in [-0.2, 0) is 0 Å². The molecule has 3 rings (SSSR count). The molecule has 0 radical (unpaired) electrons. The van der Waals surface area contributed by atoms with Crippen molar-refractivity contribution in [3.05, 3.63) is 28.2 Å². The summed E-state index contributed by atoms with van der Waals surface area (Å²) in [5.74, 6) is 1.10. The van der Waals surface area contributed by atoms with E-state index in [1.807, 2.05) is 0 Å². The zero-order valence-electron chi connectivity index (χ0n) is 9.59. The number of hydrogen-bond donors (Lipinski definition) is 2. The largest absolute Gasteiger partial charge is 0.341 e. The summed E-state index contributed by atoms with van der Waals surface area (Å²) in [5.41, 5.74) is 1.31. The molecule has 3 nitrogen and oxygen atoms in total. The Hall–Kier alpha value is -1.35. The van der Waals surface area contributed by atoms with Crippen molar-refractivity contribution in [2.24, 2.45) is 0 Å². The van der Waals surface area contributed by atoms with Gasteiger partial charge < -0.3 is 10.3 Å². The van der Waals surface area contributed by atoms with Gasteiger partial charge in [-0.25, -0.2) is 4.98 Å². The first-order valence-electron chi connectivity index (χ1n) is 6.01. The lowest BCUT2D eigenvalue weighted by Gasteiger charge is -2.04. The molecule has 0 amide bonds. The lowest BCUT2D eigenvalue weighted by atomic mass is 10.2. The average molecular weight is 215 g/mol. The van der Waals surface area contributed by atoms with Gasteiger partial charge in [-0.3, -0.25) is 0 Å². The number of rotatable bonds is 1. The van der Waals surface area contributed by atoms with Gasteiger partial charge in [-0.05, 0) is 38.8 Å². The summed E-state index contributed by atoms with van der Waals surface area (Å²) >= 11 is 0. The molecule has 0 spiro atoms. The monoisotopic (exact) mass is 215 g/mol. The SMILES string of the molecule is CC1=CCC=c2nc(C3CCCN3)[nH]c2=C1. The number of aromatic nitrogens is 2. The molecule has 1 atom stereocenters. The van der Waals surface area contributed by atoms with Crippen LogP contribution in [0.25, 0.3) is 12.2 Å². The van der Waals surface area contributed by atoms with Crippen molar-refractivity contribution in [3.63, 3.8) is 0 Å². The quantitative estimate of drug-likeness (QED) is 0.725. The highest BCUT2D eigenvalue weighted by Crippen LogP contribution is 2.17. The summed E-state index contributed by atoms with van der Waals surface area (Å²) in [5, 5.41) is 5.74. The van der Waals surface area contributed by atoms with Gasteiger partial charge in [0.1, 0.15) is 5.82 Å². The highest BCUT2D eigenvalue weighted by Gasteiger charge is 2.18. The predicted octanol–water partition coefficient (Wildman–Crippen LogP) is 0.745. The first-order chi connectivity index (χ1) is 7.83. The molecule has 2 heterocycles. The molecule has 1 aliphatic carbocycles. The van der Waals surface area contributed by atoms with Gasteiger partial charge in [0.25, 0.3) is 0 Å². The third-order valence-electron chi connectivity index (χ3n) is 3.29. The van der Waals surface area contributed by atoms with Crippen LogP contribution in [0.4, 0.5) is 0 Å². The minimum atomic E-state index is 0.429. The van der Waals surface area contributed by atoms with Crippen molar-refractivity contribution in [2.45, 2.75) is 32.2 Å². The minimum Gasteiger partial charge on any atom is -0.341 e. The van der Waals surface area contributed by atoms with E-state index in [4.69, 9.17) is 0 Å². The molecule has 2 aliphatic rings. The smallest absolute Gasteiger partial charge is 0.124 e. The Morgan fingerprint density at radius 1 is 1.38 bits per heavy atom. The lowest BCUT2D eigenvalue weighted by molar-refractivity contribution is 0.611. The summed E-state index contributed by atoms with van der Waals surface area (Å²) in [6.07, 6.45) is 10.0. The van der Waals surface area contributed by atoms with Gasteiger partial charge in [0.15, 0.2) is 0 Å². The van der Waals surface area contributed by atoms with Crippen molar-refractivity contribution < 1.29 is 0 Å². The van der Waals surface area contributed by atoms with E-state index in [1.54, 1.807) is 0 Å². The van der Waals surface area contributed by atoms with E-state index in [2.05, 4.69) is 40.4 Å². The first-order valence-corrected chi connectivity index (χ1v) is 6.01. The second-order valence-electron chi connectivity index (χ2n) is 4.60. The van der Waals surface area contributed by atoms with Gasteiger partial charge in [0, 0.05) is 0 Å². The molecule has 0 bridgehead atoms. The zero-order valence-corrected chi connectivity index (χ0v) is 9.59. The molecule has 0 saturated carbocycles. The maximum atomic E-state index is 4.69. The molecule has 1 fully saturated rings. The van der Waals surface area contributed by atoms with E-state index in [1.165, 1.54) is 18.4 Å². The van der Waals surface area contributed by atoms with E-state index in [9.17, 15) is 0 Å². The minimum absolute atomic E-state index is 0.429. The van der Waals surface area contributed by atoms with Crippen LogP contribution in [0, 0.1) is 0 Å². The molecular weight excluding hydrogens is 198 g/mol. The fourth-order valence-corrected chi connectivity index (χ4v) is 2.41. The Bertz CT molecular complexity index is 530. The van der Waals surface area contributed by atoms with Gasteiger partial charge in [0.2, 0.25) is 0 Å². The van der Waals surface area contributed by atoms with Gasteiger partial charge in [0.05, 0.1) is 16.7 Å². The summed E-state index contributed by atoms with van der Waals surface area (Å²) in [7, 11) is 0. The molecule has 1 aromatic heterocycles. The van der Waals surface area contributed by atoms with Crippen LogP contribution in [0.3, 0.4) is 0 Å². The Balaban J connectivity index is 2.06. The van der Waals surface area contributed by atoms with Gasteiger partial charge in [-0.1, -0.05) is 17.7 Å². The Kier molecular flexibility index (Phi) is 2.40. The van der Waals surface area contributed by atoms with E-state index < -0.39 is 0 Å². The Morgan fingerprint density at radius 2 is 2.31 bits per heavy atom. The van der Waals surface area contributed by atoms with Crippen molar-refractivity contribution in [3.8, 4) is 0 Å². The fraction of sp³-hybridized carbons (Fsp3) is 0.462. The highest BCUT2D eigenvalue weighted by atomic mass is 15.0. The van der Waals surface area contributed by atoms with Crippen LogP contribution in [0.1, 0.15) is 38.1 Å². The third-order valence-corrected chi connectivity index (χ3v) is 3.29. The Morgan fingerprint density at radius 3 is 3.12 bits per heavy atom. The molecule has 16 heavy (non-hydrogen) atoms. The van der Waals surface area contributed by atoms with Crippen LogP contribution in [0.15, 0.2) is 11.6 Å². The number of hydrogen-bond acceptors (Lipinski definition) is 2. The summed E-state index contributed by atoms with van der Waals surface area (Å²) in [4.78, 5) is 8.13. The first kappa shape index (κ1) is 9.85. The van der Waals surface area contributed by atoms with Crippen LogP contribution < -0.4 is 16.0 Å². The number of nitrogens with one attached hydrogen (secondary N) is 2. The molecule has 2 N–H and O–H groups in total. The topological polar surface area (TPSA) is 40.7 Å². The van der Waals surface area contributed by atoms with Crippen LogP contribution in [0.2, 0.25) is 0 Å². The Labute approximate surface area is 95.0 Å². The molecule has 3 heteroatoms. The second-order valence-corrected chi connectivity index (χ2v) is 4.60. The van der Waals surface area contributed by atoms with Crippen molar-refractivity contribution in [1.29, 1.82) is 0 Å². The summed E-state index contributed by atoms with van der Waals surface area (Å²) in [6.45, 7) is 3.25. The predicted molar refractivity (Wildman–Crippen MR) is 65.1 cm³/mol. The van der Waals surface area contributed by atoms with E-state index >= 15 is 0 Å². The van der Waals surface area contributed by atoms with Gasteiger partial charge >= 0.3 is 0 Å². The molecule has 0 aromatic carbocycles. The molecule has 1 aliphatic heterocycles. The number of fused-ring (bicyclic) bond motifs is 1. The molecule has 1 saturated heterocycles. The molecular formula is C13H17N3. The van der Waals surface area contributed by atoms with Crippen LogP contribution >= 0.6 is 0 Å². The van der Waals surface area contributed by atoms with Gasteiger partial charge in [-0.15, -0.1) is 0 Å². The summed E-state index contributed by atoms with van der Waals surface area (Å²) in [6, 6.07) is 0.429. The van der Waals surface area contributed by atoms with Crippen LogP contribution in [0.5, 0.6) is 0 Å². The summed E-state index contributed by atoms with van der Waals surface area (Å²) < 4.78 is 0. The average Bonchev–Trinajstić information content (AvgIpc) is 2.86. The fourth-order valence-electron chi connectivity index (χ4n) is 2.41. The normalized spacial score (nSPS) is 24.1. The third kappa shape index (κ3) is 1.71. The second kappa shape index (κ2) is 3.91. The number of nitrogens with zero attached hydrogens (tertiary/aromatic N) is 1. The van der Waals surface area contributed by atoms with Crippen molar-refractivity contribution in [2.75, 3.05) is 6.54 Å². The zero-order chi connectivity index (χ0) is 11.0. The van der Waals surface area contributed by atoms with E-state index in [-0.39, 0.29) is 0 Å². The molecule has 1 unspecified atom stereocenters. The maximum Gasteiger partial charge on any atom is 0.124 e. The maximum absolute atomic E-state index is 4.69. The lowest BCUT2D eigenvalue weighted by Crippen LogP contribution is -2.23. The number of aromatic amines is 1. The number of allylic oxidation sites excluding steroid dienone is 2. The number of H-pyrrole nitrogens is 1. The standard InChI is InChI=1S/C13H17N3/c1-9-4-2-5-10-12(8-9)16-13(15-10)11-6-3-7-14-11/h4-5,8,11,14H,2-3,6-7H2,1H3,(H,15,16). The molecule has 1 aromatic rings. The number of imidazole rings is 1. The molecule has 84 valence electrons. The highest BCUT2D eigenvalue weighted by molar-refractivity contribution is 5.48. The van der Waals surface area contributed by atoms with E-state index in [0.717, 1.165) is 29.5 Å². The van der Waals surface area contributed by atoms with Crippen molar-refractivity contribution >= 4 is 12.2 Å². The van der Waals surface area contributed by atoms with Crippen LogP contribution in [-0.4, -0.2) is 16.5 Å². The van der Waals surface area contributed by atoms with E-state index in [0.29, 0.717) is 6.04 Å².